The predicted molar refractivity (Wildman–Crippen MR) is 81.4 cm³/mol. The van der Waals surface area contributed by atoms with Gasteiger partial charge in [-0.15, -0.1) is 0 Å². The summed E-state index contributed by atoms with van der Waals surface area (Å²) in [5.74, 6) is 0.264. The number of nitrogens with one attached hydrogen (secondary N) is 1. The van der Waals surface area contributed by atoms with Crippen molar-refractivity contribution in [3.8, 4) is 5.88 Å². The van der Waals surface area contributed by atoms with Gasteiger partial charge < -0.3 is 10.1 Å². The Morgan fingerprint density at radius 1 is 1.08 bits per heavy atom. The van der Waals surface area contributed by atoms with Crippen LogP contribution in [0.5, 0.6) is 5.88 Å². The molecule has 0 aliphatic rings. The van der Waals surface area contributed by atoms with Crippen LogP contribution < -0.4 is 10.1 Å². The molecule has 3 aromatic rings. The molecule has 0 unspecified atom stereocenters. The number of pyridine rings is 2. The number of rotatable bonds is 4. The molecule has 0 aliphatic carbocycles. The summed E-state index contributed by atoms with van der Waals surface area (Å²) < 4.78 is 40.8. The zero-order valence-electron chi connectivity index (χ0n) is 11.9. The van der Waals surface area contributed by atoms with Gasteiger partial charge in [0.05, 0.1) is 17.4 Å². The molecule has 0 saturated carbocycles. The highest BCUT2D eigenvalue weighted by Gasteiger charge is 2.28. The molecule has 3 aromatic heterocycles. The molecule has 0 radical (unpaired) electrons. The van der Waals surface area contributed by atoms with Crippen LogP contribution in [0.1, 0.15) is 0 Å². The van der Waals surface area contributed by atoms with E-state index in [9.17, 15) is 13.2 Å². The van der Waals surface area contributed by atoms with Crippen molar-refractivity contribution in [1.82, 2.24) is 19.9 Å². The van der Waals surface area contributed by atoms with Crippen molar-refractivity contribution in [2.45, 2.75) is 6.18 Å². The van der Waals surface area contributed by atoms with Crippen molar-refractivity contribution < 1.29 is 17.9 Å². The molecule has 10 heteroatoms. The number of halogens is 4. The lowest BCUT2D eigenvalue weighted by Crippen LogP contribution is -2.19. The average Bonchev–Trinajstić information content (AvgIpc) is 2.54. The molecule has 0 amide bonds. The predicted octanol–water partition coefficient (Wildman–Crippen LogP) is 3.76. The van der Waals surface area contributed by atoms with Crippen molar-refractivity contribution in [1.29, 1.82) is 0 Å². The monoisotopic (exact) mass is 355 g/mol. The van der Waals surface area contributed by atoms with Gasteiger partial charge in [0.2, 0.25) is 5.88 Å². The van der Waals surface area contributed by atoms with Gasteiger partial charge >= 0.3 is 6.18 Å². The molecule has 3 rings (SSSR count). The van der Waals surface area contributed by atoms with E-state index in [1.807, 2.05) is 0 Å². The number of fused-ring (bicyclic) bond motifs is 1. The topological polar surface area (TPSA) is 72.8 Å². The van der Waals surface area contributed by atoms with Crippen LogP contribution in [0.25, 0.3) is 11.0 Å². The smallest absolute Gasteiger partial charge is 0.422 e. The van der Waals surface area contributed by atoms with Crippen molar-refractivity contribution in [2.24, 2.45) is 0 Å². The largest absolute Gasteiger partial charge is 0.468 e. The second-order valence-corrected chi connectivity index (χ2v) is 5.03. The molecule has 0 bridgehead atoms. The van der Waals surface area contributed by atoms with Gasteiger partial charge in [0, 0.05) is 6.07 Å². The third kappa shape index (κ3) is 3.99. The number of hydrogen-bond acceptors (Lipinski definition) is 6. The van der Waals surface area contributed by atoms with Crippen LogP contribution in [0.2, 0.25) is 5.15 Å². The van der Waals surface area contributed by atoms with E-state index >= 15 is 0 Å². The van der Waals surface area contributed by atoms with Crippen LogP contribution in [-0.4, -0.2) is 32.7 Å². The Bertz CT molecular complexity index is 857. The Labute approximate surface area is 138 Å². The fraction of sp³-hybridized carbons (Fsp3) is 0.143. The van der Waals surface area contributed by atoms with Gasteiger partial charge in [0.1, 0.15) is 17.0 Å². The van der Waals surface area contributed by atoms with Gasteiger partial charge in [0.15, 0.2) is 12.4 Å². The summed E-state index contributed by atoms with van der Waals surface area (Å²) in [7, 11) is 0. The highest BCUT2D eigenvalue weighted by molar-refractivity contribution is 6.29. The maximum atomic E-state index is 12.1. The summed E-state index contributed by atoms with van der Waals surface area (Å²) in [5, 5.41) is 3.25. The highest BCUT2D eigenvalue weighted by Crippen LogP contribution is 2.23. The summed E-state index contributed by atoms with van der Waals surface area (Å²) in [4.78, 5) is 16.1. The molecule has 0 saturated heterocycles. The third-order valence-corrected chi connectivity index (χ3v) is 3.04. The molecular weight excluding hydrogens is 347 g/mol. The van der Waals surface area contributed by atoms with E-state index in [0.717, 1.165) is 0 Å². The first-order chi connectivity index (χ1) is 11.4. The van der Waals surface area contributed by atoms with E-state index in [-0.39, 0.29) is 11.0 Å². The minimum Gasteiger partial charge on any atom is -0.468 e. The number of alkyl halides is 3. The maximum absolute atomic E-state index is 12.1. The molecule has 6 nitrogen and oxygen atoms in total. The van der Waals surface area contributed by atoms with Crippen LogP contribution in [0.15, 0.2) is 36.8 Å². The van der Waals surface area contributed by atoms with Gasteiger partial charge in [0.25, 0.3) is 0 Å². The minimum atomic E-state index is -4.41. The van der Waals surface area contributed by atoms with Crippen LogP contribution in [0.3, 0.4) is 0 Å². The summed E-state index contributed by atoms with van der Waals surface area (Å²) in [5.41, 5.74) is 1.55. The lowest BCUT2D eigenvalue weighted by Gasteiger charge is -2.10. The van der Waals surface area contributed by atoms with Crippen molar-refractivity contribution in [3.63, 3.8) is 0 Å². The first-order valence-corrected chi connectivity index (χ1v) is 6.98. The fourth-order valence-electron chi connectivity index (χ4n) is 1.84. The van der Waals surface area contributed by atoms with E-state index in [0.29, 0.717) is 22.5 Å². The summed E-state index contributed by atoms with van der Waals surface area (Å²) in [6.45, 7) is -1.40. The Balaban J connectivity index is 1.78. The van der Waals surface area contributed by atoms with Crippen LogP contribution in [0, 0.1) is 0 Å². The maximum Gasteiger partial charge on any atom is 0.422 e. The van der Waals surface area contributed by atoms with Gasteiger partial charge in [-0.25, -0.2) is 19.9 Å². The molecule has 0 fully saturated rings. The molecule has 24 heavy (non-hydrogen) atoms. The Kier molecular flexibility index (Phi) is 4.34. The zero-order valence-corrected chi connectivity index (χ0v) is 12.6. The molecular formula is C14H9ClF3N5O. The molecule has 3 heterocycles. The first-order valence-electron chi connectivity index (χ1n) is 6.60. The lowest BCUT2D eigenvalue weighted by atomic mass is 10.3. The van der Waals surface area contributed by atoms with Crippen LogP contribution >= 0.6 is 11.6 Å². The Morgan fingerprint density at radius 2 is 1.92 bits per heavy atom. The fourth-order valence-corrected chi connectivity index (χ4v) is 1.99. The first kappa shape index (κ1) is 16.2. The third-order valence-electron chi connectivity index (χ3n) is 2.83. The van der Waals surface area contributed by atoms with Gasteiger partial charge in [-0.2, -0.15) is 13.2 Å². The SMILES string of the molecule is FC(F)(F)COc1ccc(Nc2ncnc3ccc(Cl)nc23)cn1. The van der Waals surface area contributed by atoms with Crippen molar-refractivity contribution in [3.05, 3.63) is 41.9 Å². The van der Waals surface area contributed by atoms with E-state index in [2.05, 4.69) is 30.0 Å². The van der Waals surface area contributed by atoms with Gasteiger partial charge in [-0.05, 0) is 18.2 Å². The van der Waals surface area contributed by atoms with Crippen LogP contribution in [0.4, 0.5) is 24.7 Å². The normalized spacial score (nSPS) is 11.5. The molecule has 0 aromatic carbocycles. The average molecular weight is 356 g/mol. The summed E-state index contributed by atoms with van der Waals surface area (Å²) >= 11 is 5.87. The van der Waals surface area contributed by atoms with E-state index in [4.69, 9.17) is 11.6 Å². The van der Waals surface area contributed by atoms with Crippen LogP contribution in [-0.2, 0) is 0 Å². The quantitative estimate of drug-likeness (QED) is 0.718. The van der Waals surface area contributed by atoms with Gasteiger partial charge in [-0.3, -0.25) is 0 Å². The standard InChI is InChI=1S/C14H9ClF3N5O/c15-10-3-2-9-12(23-10)13(21-7-20-9)22-8-1-4-11(19-5-8)24-6-14(16,17)18/h1-5,7H,6H2,(H,20,21,22). The van der Waals surface area contributed by atoms with Gasteiger partial charge in [-0.1, -0.05) is 11.6 Å². The molecule has 124 valence electrons. The Hall–Kier alpha value is -2.68. The number of ether oxygens (including phenoxy) is 1. The molecule has 0 aliphatic heterocycles. The zero-order chi connectivity index (χ0) is 17.2. The summed E-state index contributed by atoms with van der Waals surface area (Å²) in [6.07, 6.45) is -1.73. The second kappa shape index (κ2) is 6.44. The number of hydrogen-bond donors (Lipinski definition) is 1. The second-order valence-electron chi connectivity index (χ2n) is 4.64. The number of aromatic nitrogens is 4. The van der Waals surface area contributed by atoms with E-state index in [1.54, 1.807) is 12.1 Å². The van der Waals surface area contributed by atoms with E-state index < -0.39 is 12.8 Å². The summed E-state index contributed by atoms with van der Waals surface area (Å²) in [6, 6.07) is 6.13. The Morgan fingerprint density at radius 3 is 2.62 bits per heavy atom. The molecule has 0 spiro atoms. The minimum absolute atomic E-state index is 0.133. The number of nitrogens with zero attached hydrogens (tertiary/aromatic N) is 4. The molecule has 1 N–H and O–H groups in total. The number of anilines is 2. The van der Waals surface area contributed by atoms with Crippen molar-refractivity contribution in [2.75, 3.05) is 11.9 Å². The lowest BCUT2D eigenvalue weighted by molar-refractivity contribution is -0.154. The van der Waals surface area contributed by atoms with Crippen molar-refractivity contribution >= 4 is 34.1 Å². The molecule has 0 atom stereocenters. The highest BCUT2D eigenvalue weighted by atomic mass is 35.5. The van der Waals surface area contributed by atoms with E-state index in [1.165, 1.54) is 24.7 Å².